The molecule has 0 unspecified atom stereocenters. The molecule has 1 aromatic carbocycles. The van der Waals surface area contributed by atoms with Crippen LogP contribution in [0, 0.1) is 0 Å². The fourth-order valence-corrected chi connectivity index (χ4v) is 1.37. The first-order valence-corrected chi connectivity index (χ1v) is 4.59. The monoisotopic (exact) mass is 188 g/mol. The third-order valence-corrected chi connectivity index (χ3v) is 2.07. The molecule has 14 heavy (non-hydrogen) atoms. The van der Waals surface area contributed by atoms with Crippen molar-refractivity contribution in [3.05, 3.63) is 42.7 Å². The van der Waals surface area contributed by atoms with E-state index in [-0.39, 0.29) is 6.61 Å². The van der Waals surface area contributed by atoms with Crippen molar-refractivity contribution in [3.8, 4) is 11.1 Å². The van der Waals surface area contributed by atoms with Gasteiger partial charge in [0.1, 0.15) is 0 Å². The molecule has 3 nitrogen and oxygen atoms in total. The summed E-state index contributed by atoms with van der Waals surface area (Å²) in [5.41, 5.74) is 2.23. The molecular formula is C11H12N2O. The van der Waals surface area contributed by atoms with Gasteiger partial charge in [-0.2, -0.15) is 5.10 Å². The zero-order chi connectivity index (χ0) is 9.80. The van der Waals surface area contributed by atoms with Gasteiger partial charge >= 0.3 is 0 Å². The molecular weight excluding hydrogens is 176 g/mol. The van der Waals surface area contributed by atoms with Gasteiger partial charge in [0, 0.05) is 11.8 Å². The predicted octanol–water partition coefficient (Wildman–Crippen LogP) is 1.54. The van der Waals surface area contributed by atoms with E-state index in [1.54, 1.807) is 4.68 Å². The third kappa shape index (κ3) is 1.83. The van der Waals surface area contributed by atoms with Crippen LogP contribution in [0.4, 0.5) is 0 Å². The largest absolute Gasteiger partial charge is 0.394 e. The van der Waals surface area contributed by atoms with Gasteiger partial charge in [0.05, 0.1) is 19.3 Å². The van der Waals surface area contributed by atoms with Crippen molar-refractivity contribution in [1.29, 1.82) is 0 Å². The number of aliphatic hydroxyl groups excluding tert-OH is 1. The molecule has 2 rings (SSSR count). The Morgan fingerprint density at radius 1 is 1.14 bits per heavy atom. The molecule has 0 amide bonds. The lowest BCUT2D eigenvalue weighted by Gasteiger charge is -1.96. The van der Waals surface area contributed by atoms with Gasteiger partial charge < -0.3 is 5.11 Å². The van der Waals surface area contributed by atoms with Crippen LogP contribution in [-0.4, -0.2) is 21.5 Å². The van der Waals surface area contributed by atoms with Crippen LogP contribution in [0.3, 0.4) is 0 Å². The van der Waals surface area contributed by atoms with Crippen LogP contribution >= 0.6 is 0 Å². The van der Waals surface area contributed by atoms with E-state index in [1.165, 1.54) is 0 Å². The molecule has 0 saturated carbocycles. The highest BCUT2D eigenvalue weighted by Crippen LogP contribution is 2.17. The summed E-state index contributed by atoms with van der Waals surface area (Å²) >= 11 is 0. The quantitative estimate of drug-likeness (QED) is 0.793. The summed E-state index contributed by atoms with van der Waals surface area (Å²) in [4.78, 5) is 0. The zero-order valence-corrected chi connectivity index (χ0v) is 7.80. The summed E-state index contributed by atoms with van der Waals surface area (Å²) in [7, 11) is 0. The maximum atomic E-state index is 8.74. The molecule has 0 aliphatic heterocycles. The van der Waals surface area contributed by atoms with Crippen LogP contribution in [0.5, 0.6) is 0 Å². The Kier molecular flexibility index (Phi) is 2.60. The van der Waals surface area contributed by atoms with Gasteiger partial charge in [0.15, 0.2) is 0 Å². The summed E-state index contributed by atoms with van der Waals surface area (Å²) in [5.74, 6) is 0. The second kappa shape index (κ2) is 4.07. The molecule has 0 saturated heterocycles. The maximum Gasteiger partial charge on any atom is 0.0641 e. The Balaban J connectivity index is 2.25. The Morgan fingerprint density at radius 3 is 2.64 bits per heavy atom. The van der Waals surface area contributed by atoms with E-state index < -0.39 is 0 Å². The van der Waals surface area contributed by atoms with Crippen molar-refractivity contribution in [2.24, 2.45) is 0 Å². The lowest BCUT2D eigenvalue weighted by Crippen LogP contribution is -2.01. The molecule has 0 spiro atoms. The lowest BCUT2D eigenvalue weighted by molar-refractivity contribution is 0.269. The Morgan fingerprint density at radius 2 is 1.93 bits per heavy atom. The number of rotatable bonds is 3. The summed E-state index contributed by atoms with van der Waals surface area (Å²) in [6.07, 6.45) is 3.75. The molecule has 3 heteroatoms. The number of aromatic nitrogens is 2. The minimum absolute atomic E-state index is 0.121. The first-order valence-electron chi connectivity index (χ1n) is 4.59. The van der Waals surface area contributed by atoms with E-state index in [4.69, 9.17) is 5.11 Å². The van der Waals surface area contributed by atoms with Crippen molar-refractivity contribution >= 4 is 0 Å². The van der Waals surface area contributed by atoms with Gasteiger partial charge in [-0.05, 0) is 5.56 Å². The highest BCUT2D eigenvalue weighted by molar-refractivity contribution is 5.61. The van der Waals surface area contributed by atoms with Crippen molar-refractivity contribution in [3.63, 3.8) is 0 Å². The standard InChI is InChI=1S/C11H12N2O/c14-7-6-13-9-11(8-12-13)10-4-2-1-3-5-10/h1-5,8-9,14H,6-7H2. The van der Waals surface area contributed by atoms with Gasteiger partial charge in [-0.25, -0.2) is 0 Å². The molecule has 0 bridgehead atoms. The van der Waals surface area contributed by atoms with Crippen LogP contribution in [0.25, 0.3) is 11.1 Å². The molecule has 0 aliphatic rings. The van der Waals surface area contributed by atoms with Crippen molar-refractivity contribution in [2.45, 2.75) is 6.54 Å². The molecule has 1 heterocycles. The number of benzene rings is 1. The highest BCUT2D eigenvalue weighted by atomic mass is 16.3. The van der Waals surface area contributed by atoms with Crippen molar-refractivity contribution < 1.29 is 5.11 Å². The van der Waals surface area contributed by atoms with Gasteiger partial charge in [-0.1, -0.05) is 30.3 Å². The number of aliphatic hydroxyl groups is 1. The van der Waals surface area contributed by atoms with E-state index >= 15 is 0 Å². The normalized spacial score (nSPS) is 10.4. The number of nitrogens with zero attached hydrogens (tertiary/aromatic N) is 2. The molecule has 1 aromatic heterocycles. The number of hydrogen-bond donors (Lipinski definition) is 1. The average molecular weight is 188 g/mol. The fourth-order valence-electron chi connectivity index (χ4n) is 1.37. The van der Waals surface area contributed by atoms with Crippen LogP contribution in [0.1, 0.15) is 0 Å². The summed E-state index contributed by atoms with van der Waals surface area (Å²) in [6.45, 7) is 0.669. The average Bonchev–Trinajstić information content (AvgIpc) is 2.68. The van der Waals surface area contributed by atoms with Gasteiger partial charge in [-0.3, -0.25) is 4.68 Å². The Bertz CT molecular complexity index is 395. The SMILES string of the molecule is OCCn1cc(-c2ccccc2)cn1. The van der Waals surface area contributed by atoms with Crippen molar-refractivity contribution in [2.75, 3.05) is 6.61 Å². The third-order valence-electron chi connectivity index (χ3n) is 2.07. The topological polar surface area (TPSA) is 38.0 Å². The molecule has 0 aliphatic carbocycles. The maximum absolute atomic E-state index is 8.74. The van der Waals surface area contributed by atoms with E-state index in [1.807, 2.05) is 42.7 Å². The van der Waals surface area contributed by atoms with Gasteiger partial charge in [0.2, 0.25) is 0 Å². The minimum Gasteiger partial charge on any atom is -0.394 e. The first kappa shape index (κ1) is 8.97. The molecule has 0 atom stereocenters. The van der Waals surface area contributed by atoms with E-state index in [9.17, 15) is 0 Å². The van der Waals surface area contributed by atoms with Crippen LogP contribution in [-0.2, 0) is 6.54 Å². The fraction of sp³-hybridized carbons (Fsp3) is 0.182. The van der Waals surface area contributed by atoms with Gasteiger partial charge in [-0.15, -0.1) is 0 Å². The molecule has 0 radical (unpaired) electrons. The molecule has 72 valence electrons. The first-order chi connectivity index (χ1) is 6.90. The van der Waals surface area contributed by atoms with Crippen LogP contribution < -0.4 is 0 Å². The molecule has 0 fully saturated rings. The van der Waals surface area contributed by atoms with Crippen LogP contribution in [0.15, 0.2) is 42.7 Å². The zero-order valence-electron chi connectivity index (χ0n) is 7.80. The Hall–Kier alpha value is -1.61. The second-order valence-electron chi connectivity index (χ2n) is 3.08. The summed E-state index contributed by atoms with van der Waals surface area (Å²) in [6, 6.07) is 10.1. The lowest BCUT2D eigenvalue weighted by atomic mass is 10.1. The summed E-state index contributed by atoms with van der Waals surface area (Å²) in [5, 5.41) is 12.9. The Labute approximate surface area is 82.6 Å². The highest BCUT2D eigenvalue weighted by Gasteiger charge is 1.99. The van der Waals surface area contributed by atoms with E-state index in [2.05, 4.69) is 5.10 Å². The van der Waals surface area contributed by atoms with Crippen molar-refractivity contribution in [1.82, 2.24) is 9.78 Å². The van der Waals surface area contributed by atoms with Gasteiger partial charge in [0.25, 0.3) is 0 Å². The minimum atomic E-state index is 0.121. The smallest absolute Gasteiger partial charge is 0.0641 e. The van der Waals surface area contributed by atoms with E-state index in [0.717, 1.165) is 11.1 Å². The van der Waals surface area contributed by atoms with E-state index in [0.29, 0.717) is 6.54 Å². The second-order valence-corrected chi connectivity index (χ2v) is 3.08. The predicted molar refractivity (Wildman–Crippen MR) is 54.7 cm³/mol. The molecule has 1 N–H and O–H groups in total. The molecule has 2 aromatic rings. The van der Waals surface area contributed by atoms with Crippen LogP contribution in [0.2, 0.25) is 0 Å². The summed E-state index contributed by atoms with van der Waals surface area (Å²) < 4.78 is 1.74. The number of hydrogen-bond acceptors (Lipinski definition) is 2.